The number of hydrogen-bond acceptors (Lipinski definition) is 4. The average Bonchev–Trinajstić information content (AvgIpc) is 2.66. The molecule has 136 valence electrons. The summed E-state index contributed by atoms with van der Waals surface area (Å²) < 4.78 is 18.5. The molecule has 1 atom stereocenters. The maximum absolute atomic E-state index is 13.5. The lowest BCUT2D eigenvalue weighted by Gasteiger charge is -2.21. The number of rotatable bonds is 6. The minimum atomic E-state index is -1.03. The highest BCUT2D eigenvalue weighted by atomic mass is 19.1. The van der Waals surface area contributed by atoms with Crippen LogP contribution in [0.4, 0.5) is 10.1 Å². The summed E-state index contributed by atoms with van der Waals surface area (Å²) >= 11 is 0. The third-order valence-electron chi connectivity index (χ3n) is 3.64. The standard InChI is InChI=1S/C19H19FN2O4/c1-13(19(25)22(2)14-8-4-3-5-9-14)26-17(23)12-21-18(24)15-10-6-7-11-16(15)20/h3-11,13H,12H2,1-2H3,(H,21,24)/t13-/m0/s1. The van der Waals surface area contributed by atoms with Gasteiger partial charge in [0.1, 0.15) is 12.4 Å². The maximum Gasteiger partial charge on any atom is 0.326 e. The second-order valence-electron chi connectivity index (χ2n) is 5.53. The Bertz CT molecular complexity index is 795. The highest BCUT2D eigenvalue weighted by Gasteiger charge is 2.22. The van der Waals surface area contributed by atoms with Crippen molar-refractivity contribution in [2.75, 3.05) is 18.5 Å². The van der Waals surface area contributed by atoms with Gasteiger partial charge in [0.05, 0.1) is 5.56 Å². The molecule has 2 amide bonds. The lowest BCUT2D eigenvalue weighted by Crippen LogP contribution is -2.40. The largest absolute Gasteiger partial charge is 0.451 e. The molecule has 0 radical (unpaired) electrons. The smallest absolute Gasteiger partial charge is 0.326 e. The molecule has 0 spiro atoms. The van der Waals surface area contributed by atoms with E-state index < -0.39 is 36.2 Å². The number of carbonyl (C=O) groups excluding carboxylic acids is 3. The first-order chi connectivity index (χ1) is 12.4. The maximum atomic E-state index is 13.5. The first-order valence-electron chi connectivity index (χ1n) is 7.95. The highest BCUT2D eigenvalue weighted by molar-refractivity contribution is 5.98. The van der Waals surface area contributed by atoms with Crippen molar-refractivity contribution < 1.29 is 23.5 Å². The zero-order valence-corrected chi connectivity index (χ0v) is 14.4. The molecule has 0 bridgehead atoms. The van der Waals surface area contributed by atoms with Crippen LogP contribution < -0.4 is 10.2 Å². The van der Waals surface area contributed by atoms with Crippen molar-refractivity contribution in [3.8, 4) is 0 Å². The molecular weight excluding hydrogens is 339 g/mol. The second-order valence-corrected chi connectivity index (χ2v) is 5.53. The summed E-state index contributed by atoms with van der Waals surface area (Å²) in [5.41, 5.74) is 0.487. The zero-order chi connectivity index (χ0) is 19.1. The molecule has 2 aromatic rings. The third kappa shape index (κ3) is 4.89. The Labute approximate surface area is 150 Å². The van der Waals surface area contributed by atoms with Crippen molar-refractivity contribution in [2.24, 2.45) is 0 Å². The first kappa shape index (κ1) is 19.1. The van der Waals surface area contributed by atoms with Crippen LogP contribution in [0.25, 0.3) is 0 Å². The topological polar surface area (TPSA) is 75.7 Å². The van der Waals surface area contributed by atoms with Crippen LogP contribution in [0.5, 0.6) is 0 Å². The van der Waals surface area contributed by atoms with E-state index in [1.807, 2.05) is 6.07 Å². The number of hydrogen-bond donors (Lipinski definition) is 1. The average molecular weight is 358 g/mol. The second kappa shape index (κ2) is 8.75. The van der Waals surface area contributed by atoms with Crippen LogP contribution in [-0.4, -0.2) is 37.5 Å². The third-order valence-corrected chi connectivity index (χ3v) is 3.64. The highest BCUT2D eigenvalue weighted by Crippen LogP contribution is 2.13. The number of ether oxygens (including phenoxy) is 1. The molecule has 0 aliphatic rings. The van der Waals surface area contributed by atoms with Crippen LogP contribution in [0, 0.1) is 5.82 Å². The van der Waals surface area contributed by atoms with E-state index in [4.69, 9.17) is 4.74 Å². The van der Waals surface area contributed by atoms with E-state index >= 15 is 0 Å². The van der Waals surface area contributed by atoms with Crippen molar-refractivity contribution in [2.45, 2.75) is 13.0 Å². The van der Waals surface area contributed by atoms with Gasteiger partial charge in [-0.15, -0.1) is 0 Å². The number of nitrogens with zero attached hydrogens (tertiary/aromatic N) is 1. The van der Waals surface area contributed by atoms with Crippen molar-refractivity contribution >= 4 is 23.5 Å². The van der Waals surface area contributed by atoms with Crippen LogP contribution >= 0.6 is 0 Å². The van der Waals surface area contributed by atoms with Gasteiger partial charge in [-0.25, -0.2) is 4.39 Å². The fraction of sp³-hybridized carbons (Fsp3) is 0.211. The van der Waals surface area contributed by atoms with Crippen LogP contribution in [0.1, 0.15) is 17.3 Å². The summed E-state index contributed by atoms with van der Waals surface area (Å²) in [6.07, 6.45) is -1.03. The number of likely N-dealkylation sites (N-methyl/N-ethyl adjacent to an activating group) is 1. The van der Waals surface area contributed by atoms with Gasteiger partial charge in [0.25, 0.3) is 11.8 Å². The van der Waals surface area contributed by atoms with Crippen molar-refractivity contribution in [1.29, 1.82) is 0 Å². The molecule has 0 aliphatic heterocycles. The molecule has 0 saturated carbocycles. The number of benzene rings is 2. The predicted molar refractivity (Wildman–Crippen MR) is 94.1 cm³/mol. The molecule has 7 heteroatoms. The lowest BCUT2D eigenvalue weighted by atomic mass is 10.2. The van der Waals surface area contributed by atoms with E-state index in [0.717, 1.165) is 6.07 Å². The van der Waals surface area contributed by atoms with E-state index in [-0.39, 0.29) is 5.56 Å². The SMILES string of the molecule is C[C@H](OC(=O)CNC(=O)c1ccccc1F)C(=O)N(C)c1ccccc1. The molecule has 2 rings (SSSR count). The number of amides is 2. The molecule has 0 saturated heterocycles. The van der Waals surface area contributed by atoms with Gasteiger partial charge in [0.15, 0.2) is 6.10 Å². The molecule has 26 heavy (non-hydrogen) atoms. The van der Waals surface area contributed by atoms with Crippen molar-refractivity contribution in [3.63, 3.8) is 0 Å². The van der Waals surface area contributed by atoms with E-state index in [1.54, 1.807) is 31.3 Å². The summed E-state index contributed by atoms with van der Waals surface area (Å²) in [5, 5.41) is 2.27. The van der Waals surface area contributed by atoms with E-state index in [9.17, 15) is 18.8 Å². The molecule has 0 fully saturated rings. The summed E-state index contributed by atoms with van der Waals surface area (Å²) in [5.74, 6) is -2.63. The Balaban J connectivity index is 1.86. The van der Waals surface area contributed by atoms with E-state index in [1.165, 1.54) is 30.0 Å². The van der Waals surface area contributed by atoms with Gasteiger partial charge in [-0.2, -0.15) is 0 Å². The van der Waals surface area contributed by atoms with Gasteiger partial charge in [-0.3, -0.25) is 14.4 Å². The number of esters is 1. The number of carbonyl (C=O) groups is 3. The molecule has 0 heterocycles. The Hall–Kier alpha value is -3.22. The van der Waals surface area contributed by atoms with E-state index in [0.29, 0.717) is 5.69 Å². The van der Waals surface area contributed by atoms with Gasteiger partial charge in [0, 0.05) is 12.7 Å². The number of para-hydroxylation sites is 1. The fourth-order valence-electron chi connectivity index (χ4n) is 2.23. The van der Waals surface area contributed by atoms with Gasteiger partial charge in [-0.05, 0) is 31.2 Å². The summed E-state index contributed by atoms with van der Waals surface area (Å²) in [7, 11) is 1.57. The van der Waals surface area contributed by atoms with Crippen LogP contribution in [0.15, 0.2) is 54.6 Å². The minimum absolute atomic E-state index is 0.173. The molecule has 2 aromatic carbocycles. The first-order valence-corrected chi connectivity index (χ1v) is 7.95. The normalized spacial score (nSPS) is 11.3. The number of anilines is 1. The Morgan fingerprint density at radius 1 is 1.08 bits per heavy atom. The van der Waals surface area contributed by atoms with Gasteiger partial charge in [-0.1, -0.05) is 30.3 Å². The van der Waals surface area contributed by atoms with E-state index in [2.05, 4.69) is 5.32 Å². The fourth-order valence-corrected chi connectivity index (χ4v) is 2.23. The van der Waals surface area contributed by atoms with Gasteiger partial charge >= 0.3 is 5.97 Å². The summed E-state index contributed by atoms with van der Waals surface area (Å²) in [6.45, 7) is 0.970. The number of nitrogens with one attached hydrogen (secondary N) is 1. The van der Waals surface area contributed by atoms with Crippen molar-refractivity contribution in [1.82, 2.24) is 5.32 Å². The Kier molecular flexibility index (Phi) is 6.43. The quantitative estimate of drug-likeness (QED) is 0.803. The minimum Gasteiger partial charge on any atom is -0.451 e. The van der Waals surface area contributed by atoms with Crippen LogP contribution in [0.3, 0.4) is 0 Å². The monoisotopic (exact) mass is 358 g/mol. The zero-order valence-electron chi connectivity index (χ0n) is 14.4. The molecule has 0 unspecified atom stereocenters. The van der Waals surface area contributed by atoms with Crippen molar-refractivity contribution in [3.05, 3.63) is 66.0 Å². The molecule has 6 nitrogen and oxygen atoms in total. The van der Waals surface area contributed by atoms with Crippen LogP contribution in [0.2, 0.25) is 0 Å². The Morgan fingerprint density at radius 2 is 1.69 bits per heavy atom. The predicted octanol–water partition coefficient (Wildman–Crippen LogP) is 2.15. The Morgan fingerprint density at radius 3 is 2.35 bits per heavy atom. The molecule has 0 aromatic heterocycles. The number of halogens is 1. The lowest BCUT2D eigenvalue weighted by molar-refractivity contribution is -0.152. The molecule has 0 aliphatic carbocycles. The molecular formula is C19H19FN2O4. The summed E-state index contributed by atoms with van der Waals surface area (Å²) in [6, 6.07) is 14.3. The van der Waals surface area contributed by atoms with Gasteiger partial charge < -0.3 is 15.0 Å². The molecule has 1 N–H and O–H groups in total. The van der Waals surface area contributed by atoms with Gasteiger partial charge in [0.2, 0.25) is 0 Å². The summed E-state index contributed by atoms with van der Waals surface area (Å²) in [4.78, 5) is 37.4. The van der Waals surface area contributed by atoms with Crippen LogP contribution in [-0.2, 0) is 14.3 Å².